The smallest absolute Gasteiger partial charge is 0.161 e. The third-order valence-corrected chi connectivity index (χ3v) is 2.65. The van der Waals surface area contributed by atoms with Gasteiger partial charge in [-0.1, -0.05) is 19.1 Å². The summed E-state index contributed by atoms with van der Waals surface area (Å²) in [7, 11) is 0. The highest BCUT2D eigenvalue weighted by Crippen LogP contribution is 2.26. The molecule has 0 bridgehead atoms. The van der Waals surface area contributed by atoms with Crippen LogP contribution in [0, 0.1) is 0 Å². The van der Waals surface area contributed by atoms with Gasteiger partial charge >= 0.3 is 0 Å². The van der Waals surface area contributed by atoms with Crippen molar-refractivity contribution in [2.24, 2.45) is 0 Å². The highest BCUT2D eigenvalue weighted by molar-refractivity contribution is 5.39. The molecule has 1 aromatic rings. The van der Waals surface area contributed by atoms with Crippen LogP contribution in [0.25, 0.3) is 0 Å². The van der Waals surface area contributed by atoms with Crippen LogP contribution >= 0.6 is 0 Å². The monoisotopic (exact) mass is 251 g/mol. The van der Waals surface area contributed by atoms with E-state index in [4.69, 9.17) is 9.47 Å². The quantitative estimate of drug-likeness (QED) is 0.648. The van der Waals surface area contributed by atoms with E-state index < -0.39 is 0 Å². The summed E-state index contributed by atoms with van der Waals surface area (Å²) in [5.74, 6) is 1.69. The molecule has 0 radical (unpaired) electrons. The predicted octanol–water partition coefficient (Wildman–Crippen LogP) is 3.24. The molecule has 18 heavy (non-hydrogen) atoms. The zero-order valence-corrected chi connectivity index (χ0v) is 11.6. The van der Waals surface area contributed by atoms with Crippen molar-refractivity contribution in [3.63, 3.8) is 0 Å². The number of benzene rings is 1. The van der Waals surface area contributed by atoms with E-state index in [-0.39, 0.29) is 0 Å². The van der Waals surface area contributed by atoms with Gasteiger partial charge in [-0.2, -0.15) is 0 Å². The van der Waals surface area contributed by atoms with Crippen LogP contribution < -0.4 is 14.8 Å². The van der Waals surface area contributed by atoms with Gasteiger partial charge in [0.05, 0.1) is 13.2 Å². The SMILES string of the molecule is CCNCCCCCOc1ccccc1OCC. The van der Waals surface area contributed by atoms with Crippen LogP contribution in [-0.2, 0) is 0 Å². The lowest BCUT2D eigenvalue weighted by Gasteiger charge is -2.11. The molecule has 0 aliphatic carbocycles. The zero-order valence-electron chi connectivity index (χ0n) is 11.6. The van der Waals surface area contributed by atoms with Crippen molar-refractivity contribution < 1.29 is 9.47 Å². The van der Waals surface area contributed by atoms with Gasteiger partial charge in [0.1, 0.15) is 0 Å². The van der Waals surface area contributed by atoms with E-state index in [2.05, 4.69) is 12.2 Å². The molecular weight excluding hydrogens is 226 g/mol. The maximum absolute atomic E-state index is 5.75. The normalized spacial score (nSPS) is 10.3. The molecule has 0 saturated carbocycles. The molecule has 0 amide bonds. The van der Waals surface area contributed by atoms with Crippen molar-refractivity contribution in [3.8, 4) is 11.5 Å². The average molecular weight is 251 g/mol. The summed E-state index contributed by atoms with van der Waals surface area (Å²) in [4.78, 5) is 0. The van der Waals surface area contributed by atoms with E-state index in [1.54, 1.807) is 0 Å². The minimum absolute atomic E-state index is 0.670. The van der Waals surface area contributed by atoms with Crippen molar-refractivity contribution in [3.05, 3.63) is 24.3 Å². The summed E-state index contributed by atoms with van der Waals surface area (Å²) in [6, 6.07) is 7.85. The number of hydrogen-bond acceptors (Lipinski definition) is 3. The molecular formula is C15H25NO2. The third-order valence-electron chi connectivity index (χ3n) is 2.65. The maximum atomic E-state index is 5.75. The fourth-order valence-corrected chi connectivity index (χ4v) is 1.73. The number of nitrogens with one attached hydrogen (secondary N) is 1. The zero-order chi connectivity index (χ0) is 13.1. The topological polar surface area (TPSA) is 30.5 Å². The fourth-order valence-electron chi connectivity index (χ4n) is 1.73. The second-order valence-electron chi connectivity index (χ2n) is 4.14. The van der Waals surface area contributed by atoms with Crippen LogP contribution in [0.4, 0.5) is 0 Å². The van der Waals surface area contributed by atoms with Crippen LogP contribution in [0.1, 0.15) is 33.1 Å². The van der Waals surface area contributed by atoms with Gasteiger partial charge in [-0.25, -0.2) is 0 Å². The Hall–Kier alpha value is -1.22. The molecule has 0 aromatic heterocycles. The van der Waals surface area contributed by atoms with Crippen molar-refractivity contribution in [1.82, 2.24) is 5.32 Å². The maximum Gasteiger partial charge on any atom is 0.161 e. The average Bonchev–Trinajstić information content (AvgIpc) is 2.40. The second-order valence-corrected chi connectivity index (χ2v) is 4.14. The van der Waals surface area contributed by atoms with Crippen molar-refractivity contribution >= 4 is 0 Å². The summed E-state index contributed by atoms with van der Waals surface area (Å²) in [6.07, 6.45) is 3.50. The molecule has 1 aromatic carbocycles. The molecule has 1 rings (SSSR count). The Morgan fingerprint density at radius 2 is 1.67 bits per heavy atom. The minimum Gasteiger partial charge on any atom is -0.490 e. The number of rotatable bonds is 10. The first-order valence-electron chi connectivity index (χ1n) is 6.93. The highest BCUT2D eigenvalue weighted by Gasteiger charge is 2.02. The minimum atomic E-state index is 0.670. The molecule has 3 nitrogen and oxygen atoms in total. The summed E-state index contributed by atoms with van der Waals surface area (Å²) in [5, 5.41) is 3.32. The van der Waals surface area contributed by atoms with Crippen molar-refractivity contribution in [2.75, 3.05) is 26.3 Å². The molecule has 0 fully saturated rings. The van der Waals surface area contributed by atoms with E-state index in [1.807, 2.05) is 31.2 Å². The van der Waals surface area contributed by atoms with Gasteiger partial charge in [-0.3, -0.25) is 0 Å². The number of unbranched alkanes of at least 4 members (excludes halogenated alkanes) is 2. The largest absolute Gasteiger partial charge is 0.490 e. The third kappa shape index (κ3) is 5.92. The van der Waals surface area contributed by atoms with Gasteiger partial charge in [-0.05, 0) is 51.4 Å². The first-order chi connectivity index (χ1) is 8.88. The number of hydrogen-bond donors (Lipinski definition) is 1. The Bertz CT molecular complexity index is 315. The molecule has 1 N–H and O–H groups in total. The Morgan fingerprint density at radius 1 is 0.944 bits per heavy atom. The molecule has 0 spiro atoms. The summed E-state index contributed by atoms with van der Waals surface area (Å²) in [5.41, 5.74) is 0. The molecule has 0 unspecified atom stereocenters. The first-order valence-corrected chi connectivity index (χ1v) is 6.93. The van der Waals surface area contributed by atoms with Gasteiger partial charge in [0, 0.05) is 0 Å². The van der Waals surface area contributed by atoms with Crippen LogP contribution in [0.15, 0.2) is 24.3 Å². The van der Waals surface area contributed by atoms with E-state index in [9.17, 15) is 0 Å². The first kappa shape index (κ1) is 14.8. The Kier molecular flexibility index (Phi) is 8.06. The number of para-hydroxylation sites is 2. The van der Waals surface area contributed by atoms with Crippen LogP contribution in [0.5, 0.6) is 11.5 Å². The van der Waals surface area contributed by atoms with Gasteiger partial charge in [0.15, 0.2) is 11.5 Å². The lowest BCUT2D eigenvalue weighted by Crippen LogP contribution is -2.14. The molecule has 0 saturated heterocycles. The van der Waals surface area contributed by atoms with Crippen molar-refractivity contribution in [2.45, 2.75) is 33.1 Å². The molecule has 0 aliphatic heterocycles. The fraction of sp³-hybridized carbons (Fsp3) is 0.600. The van der Waals surface area contributed by atoms with Gasteiger partial charge in [0.25, 0.3) is 0 Å². The van der Waals surface area contributed by atoms with Gasteiger partial charge < -0.3 is 14.8 Å². The van der Waals surface area contributed by atoms with E-state index in [1.165, 1.54) is 12.8 Å². The summed E-state index contributed by atoms with van der Waals surface area (Å²) < 4.78 is 11.3. The van der Waals surface area contributed by atoms with Gasteiger partial charge in [0.2, 0.25) is 0 Å². The molecule has 0 heterocycles. The van der Waals surface area contributed by atoms with Crippen LogP contribution in [-0.4, -0.2) is 26.3 Å². The predicted molar refractivity (Wildman–Crippen MR) is 75.5 cm³/mol. The van der Waals surface area contributed by atoms with Gasteiger partial charge in [-0.15, -0.1) is 0 Å². The standard InChI is InChI=1S/C15H25NO2/c1-3-16-12-8-5-9-13-18-15-11-7-6-10-14(15)17-4-2/h6-7,10-11,16H,3-5,8-9,12-13H2,1-2H3. The summed E-state index contributed by atoms with van der Waals surface area (Å²) >= 11 is 0. The van der Waals surface area contributed by atoms with E-state index >= 15 is 0 Å². The van der Waals surface area contributed by atoms with Crippen LogP contribution in [0.2, 0.25) is 0 Å². The lowest BCUT2D eigenvalue weighted by atomic mass is 10.2. The lowest BCUT2D eigenvalue weighted by molar-refractivity contribution is 0.270. The molecule has 0 atom stereocenters. The molecule has 102 valence electrons. The molecule has 3 heteroatoms. The Balaban J connectivity index is 2.18. The van der Waals surface area contributed by atoms with Crippen LogP contribution in [0.3, 0.4) is 0 Å². The van der Waals surface area contributed by atoms with E-state index in [0.717, 1.165) is 37.6 Å². The highest BCUT2D eigenvalue weighted by atomic mass is 16.5. The summed E-state index contributed by atoms with van der Waals surface area (Å²) in [6.45, 7) is 7.70. The Labute approximate surface area is 110 Å². The molecule has 0 aliphatic rings. The number of ether oxygens (including phenoxy) is 2. The second kappa shape index (κ2) is 9.77. The van der Waals surface area contributed by atoms with Crippen molar-refractivity contribution in [1.29, 1.82) is 0 Å². The van der Waals surface area contributed by atoms with E-state index in [0.29, 0.717) is 6.61 Å². The Morgan fingerprint density at radius 3 is 2.33 bits per heavy atom.